The number of Topliss-reactive ketones (excluding diaryl/α,β-unsaturated/α-hetero) is 1. The van der Waals surface area contributed by atoms with E-state index >= 15 is 0 Å². The van der Waals surface area contributed by atoms with Gasteiger partial charge < -0.3 is 20.7 Å². The van der Waals surface area contributed by atoms with E-state index in [1.807, 2.05) is 116 Å². The third-order valence-electron chi connectivity index (χ3n) is 6.11. The number of anilines is 2. The molecule has 0 aliphatic rings. The minimum atomic E-state index is -0.416. The van der Waals surface area contributed by atoms with Gasteiger partial charge in [0, 0.05) is 36.6 Å². The van der Waals surface area contributed by atoms with E-state index in [2.05, 4.69) is 16.0 Å². The molecule has 0 saturated heterocycles. The number of carbonyl (C=O) groups excluding carboxylic acids is 2. The molecule has 1 unspecified atom stereocenters. The number of carbonyl (C=O) groups is 2. The molecule has 0 spiro atoms. The molecule has 0 aliphatic heterocycles. The lowest BCUT2D eigenvalue weighted by Gasteiger charge is -2.18. The predicted octanol–water partition coefficient (Wildman–Crippen LogP) is 5.95. The van der Waals surface area contributed by atoms with Gasteiger partial charge in [0.25, 0.3) is 5.91 Å². The third-order valence-corrected chi connectivity index (χ3v) is 6.11. The van der Waals surface area contributed by atoms with Crippen LogP contribution < -0.4 is 16.0 Å². The van der Waals surface area contributed by atoms with Crippen molar-refractivity contribution in [2.24, 2.45) is 0 Å². The highest BCUT2D eigenvalue weighted by Gasteiger charge is 2.19. The van der Waals surface area contributed by atoms with Crippen LogP contribution in [0.15, 0.2) is 109 Å². The quantitative estimate of drug-likeness (QED) is 0.195. The minimum Gasteiger partial charge on any atom is -0.384 e. The molecule has 1 atom stereocenters. The molecular weight excluding hydrogens is 474 g/mol. The summed E-state index contributed by atoms with van der Waals surface area (Å²) in [7, 11) is 0. The van der Waals surface area contributed by atoms with Gasteiger partial charge in [0.1, 0.15) is 6.61 Å². The number of amides is 1. The second-order valence-electron chi connectivity index (χ2n) is 8.77. The number of hydrogen-bond acceptors (Lipinski definition) is 5. The molecular formula is C32H33N3O3. The zero-order valence-corrected chi connectivity index (χ0v) is 21.5. The van der Waals surface area contributed by atoms with Crippen molar-refractivity contribution in [3.63, 3.8) is 0 Å². The Morgan fingerprint density at radius 3 is 2.08 bits per heavy atom. The highest BCUT2D eigenvalue weighted by atomic mass is 16.5. The molecule has 194 valence electrons. The molecule has 0 bridgehead atoms. The average molecular weight is 508 g/mol. The normalized spacial score (nSPS) is 11.5. The van der Waals surface area contributed by atoms with E-state index in [-0.39, 0.29) is 18.3 Å². The number of ether oxygens (including phenoxy) is 1. The lowest BCUT2D eigenvalue weighted by Crippen LogP contribution is -2.34. The fourth-order valence-electron chi connectivity index (χ4n) is 4.19. The van der Waals surface area contributed by atoms with E-state index in [0.717, 1.165) is 22.4 Å². The molecule has 0 heterocycles. The van der Waals surface area contributed by atoms with E-state index in [1.165, 1.54) is 0 Å². The second-order valence-corrected chi connectivity index (χ2v) is 8.77. The molecule has 0 radical (unpaired) electrons. The van der Waals surface area contributed by atoms with E-state index in [9.17, 15) is 9.59 Å². The maximum Gasteiger partial charge on any atom is 0.256 e. The molecule has 4 aromatic rings. The molecule has 0 saturated carbocycles. The van der Waals surface area contributed by atoms with Crippen LogP contribution >= 0.6 is 0 Å². The minimum absolute atomic E-state index is 0.00647. The molecule has 3 N–H and O–H groups in total. The number of rotatable bonds is 13. The van der Waals surface area contributed by atoms with Gasteiger partial charge in [0.15, 0.2) is 5.78 Å². The van der Waals surface area contributed by atoms with E-state index in [0.29, 0.717) is 30.9 Å². The summed E-state index contributed by atoms with van der Waals surface area (Å²) < 4.78 is 5.33. The fourth-order valence-corrected chi connectivity index (χ4v) is 4.19. The van der Waals surface area contributed by atoms with E-state index < -0.39 is 6.04 Å². The fraction of sp³-hybridized carbons (Fsp3) is 0.188. The van der Waals surface area contributed by atoms with Crippen LogP contribution in [0.1, 0.15) is 28.9 Å². The Bertz CT molecular complexity index is 1310. The van der Waals surface area contributed by atoms with Crippen molar-refractivity contribution in [1.82, 2.24) is 5.32 Å². The van der Waals surface area contributed by atoms with E-state index in [4.69, 9.17) is 4.74 Å². The maximum absolute atomic E-state index is 13.0. The highest BCUT2D eigenvalue weighted by molar-refractivity contribution is 6.08. The topological polar surface area (TPSA) is 79.5 Å². The van der Waals surface area contributed by atoms with Crippen molar-refractivity contribution < 1.29 is 14.3 Å². The molecule has 4 rings (SSSR count). The van der Waals surface area contributed by atoms with Crippen LogP contribution in [0.25, 0.3) is 11.1 Å². The first-order chi connectivity index (χ1) is 18.7. The van der Waals surface area contributed by atoms with Gasteiger partial charge in [-0.3, -0.25) is 9.59 Å². The molecule has 6 heteroatoms. The Kier molecular flexibility index (Phi) is 9.79. The van der Waals surface area contributed by atoms with Gasteiger partial charge in [-0.2, -0.15) is 0 Å². The highest BCUT2D eigenvalue weighted by Crippen LogP contribution is 2.24. The van der Waals surface area contributed by atoms with Gasteiger partial charge in [-0.05, 0) is 53.9 Å². The summed E-state index contributed by atoms with van der Waals surface area (Å²) in [5, 5.41) is 9.70. The first kappa shape index (κ1) is 26.8. The monoisotopic (exact) mass is 507 g/mol. The summed E-state index contributed by atoms with van der Waals surface area (Å²) in [5.74, 6) is -0.148. The van der Waals surface area contributed by atoms with Gasteiger partial charge in [-0.15, -0.1) is 0 Å². The van der Waals surface area contributed by atoms with Crippen LogP contribution in [0.2, 0.25) is 0 Å². The molecule has 4 aromatic carbocycles. The summed E-state index contributed by atoms with van der Waals surface area (Å²) in [5.41, 5.74) is 5.08. The standard InChI is InChI=1S/C32H33N3O3/c1-2-38-23-30(36)31(25-13-7-4-8-14-25)34-22-21-33-26-17-19-27(20-18-26)35-32(37)29-16-10-9-15-28(29)24-11-5-3-6-12-24/h3-20,31,33-34H,2,21-23H2,1H3,(H,35,37). The average Bonchev–Trinajstić information content (AvgIpc) is 2.97. The van der Waals surface area contributed by atoms with Crippen LogP contribution in [-0.2, 0) is 9.53 Å². The van der Waals surface area contributed by atoms with Crippen molar-refractivity contribution in [3.05, 3.63) is 120 Å². The first-order valence-electron chi connectivity index (χ1n) is 12.8. The first-order valence-corrected chi connectivity index (χ1v) is 12.8. The number of benzene rings is 4. The van der Waals surface area contributed by atoms with Gasteiger partial charge in [-0.25, -0.2) is 0 Å². The number of ketones is 1. The second kappa shape index (κ2) is 13.9. The van der Waals surface area contributed by atoms with Crippen LogP contribution in [-0.4, -0.2) is 38.0 Å². The Morgan fingerprint density at radius 1 is 0.737 bits per heavy atom. The largest absolute Gasteiger partial charge is 0.384 e. The molecule has 38 heavy (non-hydrogen) atoms. The number of nitrogens with one attached hydrogen (secondary N) is 3. The Balaban J connectivity index is 1.31. The van der Waals surface area contributed by atoms with Gasteiger partial charge in [0.05, 0.1) is 6.04 Å². The molecule has 1 amide bonds. The van der Waals surface area contributed by atoms with Crippen LogP contribution in [0.4, 0.5) is 11.4 Å². The summed E-state index contributed by atoms with van der Waals surface area (Å²) in [4.78, 5) is 25.7. The maximum atomic E-state index is 13.0. The van der Waals surface area contributed by atoms with Crippen molar-refractivity contribution in [1.29, 1.82) is 0 Å². The van der Waals surface area contributed by atoms with Crippen molar-refractivity contribution >= 4 is 23.1 Å². The smallest absolute Gasteiger partial charge is 0.256 e. The van der Waals surface area contributed by atoms with Crippen molar-refractivity contribution in [2.75, 3.05) is 36.9 Å². The van der Waals surface area contributed by atoms with Crippen LogP contribution in [0.5, 0.6) is 0 Å². The third kappa shape index (κ3) is 7.38. The Labute approximate surface area is 224 Å². The molecule has 0 aliphatic carbocycles. The Hall–Kier alpha value is -4.26. The van der Waals surface area contributed by atoms with Crippen LogP contribution in [0, 0.1) is 0 Å². The predicted molar refractivity (Wildman–Crippen MR) is 153 cm³/mol. The summed E-state index contributed by atoms with van der Waals surface area (Å²) in [6.07, 6.45) is 0. The summed E-state index contributed by atoms with van der Waals surface area (Å²) in [6, 6.07) is 34.3. The zero-order chi connectivity index (χ0) is 26.6. The van der Waals surface area contributed by atoms with Gasteiger partial charge in [-0.1, -0.05) is 78.9 Å². The van der Waals surface area contributed by atoms with Gasteiger partial charge >= 0.3 is 0 Å². The van der Waals surface area contributed by atoms with Crippen molar-refractivity contribution in [2.45, 2.75) is 13.0 Å². The molecule has 0 fully saturated rings. The van der Waals surface area contributed by atoms with Crippen molar-refractivity contribution in [3.8, 4) is 11.1 Å². The molecule has 0 aromatic heterocycles. The summed E-state index contributed by atoms with van der Waals surface area (Å²) >= 11 is 0. The number of hydrogen-bond donors (Lipinski definition) is 3. The Morgan fingerprint density at radius 2 is 1.37 bits per heavy atom. The lowest BCUT2D eigenvalue weighted by molar-refractivity contribution is -0.125. The SMILES string of the molecule is CCOCC(=O)C(NCCNc1ccc(NC(=O)c2ccccc2-c2ccccc2)cc1)c1ccccc1. The van der Waals surface area contributed by atoms with Gasteiger partial charge in [0.2, 0.25) is 0 Å². The van der Waals surface area contributed by atoms with Crippen LogP contribution in [0.3, 0.4) is 0 Å². The lowest BCUT2D eigenvalue weighted by atomic mass is 9.99. The van der Waals surface area contributed by atoms with E-state index in [1.54, 1.807) is 0 Å². The molecule has 6 nitrogen and oxygen atoms in total. The zero-order valence-electron chi connectivity index (χ0n) is 21.5. The summed E-state index contributed by atoms with van der Waals surface area (Å²) in [6.45, 7) is 3.68.